The molecule has 2 N–H and O–H groups in total. The van der Waals surface area contributed by atoms with Crippen molar-refractivity contribution in [2.75, 3.05) is 6.61 Å². The van der Waals surface area contributed by atoms with Gasteiger partial charge in [-0.05, 0) is 33.3 Å². The molecule has 3 heteroatoms. The van der Waals surface area contributed by atoms with Crippen molar-refractivity contribution < 1.29 is 9.15 Å². The molecule has 0 radical (unpaired) electrons. The molecule has 0 aliphatic carbocycles. The van der Waals surface area contributed by atoms with Crippen molar-refractivity contribution in [1.29, 1.82) is 0 Å². The van der Waals surface area contributed by atoms with E-state index in [1.165, 1.54) is 0 Å². The van der Waals surface area contributed by atoms with Crippen LogP contribution >= 0.6 is 0 Å². The molecule has 15 heavy (non-hydrogen) atoms. The molecule has 1 saturated heterocycles. The minimum atomic E-state index is 0.0485. The van der Waals surface area contributed by atoms with Crippen molar-refractivity contribution in [3.63, 3.8) is 0 Å². The van der Waals surface area contributed by atoms with Crippen LogP contribution in [0.2, 0.25) is 0 Å². The van der Waals surface area contributed by atoms with Gasteiger partial charge in [0, 0.05) is 17.5 Å². The summed E-state index contributed by atoms with van der Waals surface area (Å²) in [5.74, 6) is 2.31. The molecule has 0 amide bonds. The molecule has 3 unspecified atom stereocenters. The Kier molecular flexibility index (Phi) is 2.85. The van der Waals surface area contributed by atoms with E-state index in [1.807, 2.05) is 19.9 Å². The van der Waals surface area contributed by atoms with Gasteiger partial charge < -0.3 is 14.9 Å². The highest BCUT2D eigenvalue weighted by atomic mass is 16.5. The number of hydrogen-bond acceptors (Lipinski definition) is 3. The van der Waals surface area contributed by atoms with Gasteiger partial charge in [-0.3, -0.25) is 0 Å². The molecule has 0 spiro atoms. The van der Waals surface area contributed by atoms with Crippen LogP contribution in [0.5, 0.6) is 0 Å². The summed E-state index contributed by atoms with van der Waals surface area (Å²) in [5.41, 5.74) is 7.37. The zero-order valence-electron chi connectivity index (χ0n) is 9.62. The molecule has 1 fully saturated rings. The Labute approximate surface area is 90.6 Å². The summed E-state index contributed by atoms with van der Waals surface area (Å²) < 4.78 is 11.0. The maximum Gasteiger partial charge on any atom is 0.105 e. The van der Waals surface area contributed by atoms with Crippen molar-refractivity contribution >= 4 is 0 Å². The molecule has 0 aromatic carbocycles. The zero-order chi connectivity index (χ0) is 11.0. The Morgan fingerprint density at radius 1 is 1.47 bits per heavy atom. The van der Waals surface area contributed by atoms with Gasteiger partial charge >= 0.3 is 0 Å². The van der Waals surface area contributed by atoms with Crippen LogP contribution in [0.4, 0.5) is 0 Å². The predicted octanol–water partition coefficient (Wildman–Crippen LogP) is 2.32. The maximum atomic E-state index is 6.24. The lowest BCUT2D eigenvalue weighted by molar-refractivity contribution is 0.118. The van der Waals surface area contributed by atoms with Gasteiger partial charge in [-0.1, -0.05) is 0 Å². The Hall–Kier alpha value is -0.800. The first-order valence-corrected chi connectivity index (χ1v) is 5.52. The van der Waals surface area contributed by atoms with Gasteiger partial charge in [0.05, 0.1) is 12.7 Å². The van der Waals surface area contributed by atoms with E-state index in [4.69, 9.17) is 14.9 Å². The number of aryl methyl sites for hydroxylation is 2. The first-order chi connectivity index (χ1) is 7.08. The Bertz CT molecular complexity index is 345. The van der Waals surface area contributed by atoms with Crippen LogP contribution in [0.25, 0.3) is 0 Å². The van der Waals surface area contributed by atoms with E-state index in [0.717, 1.165) is 30.1 Å². The topological polar surface area (TPSA) is 48.4 Å². The molecule has 2 rings (SSSR count). The standard InChI is InChI=1S/C12H19NO2/c1-7-4-10(6-14-7)12(13)11-5-8(2)15-9(11)3/h5,7,10,12H,4,6,13H2,1-3H3. The molecule has 1 aromatic heterocycles. The smallest absolute Gasteiger partial charge is 0.105 e. The van der Waals surface area contributed by atoms with E-state index in [1.54, 1.807) is 0 Å². The largest absolute Gasteiger partial charge is 0.466 e. The monoisotopic (exact) mass is 209 g/mol. The Morgan fingerprint density at radius 3 is 2.67 bits per heavy atom. The zero-order valence-corrected chi connectivity index (χ0v) is 9.62. The van der Waals surface area contributed by atoms with Crippen LogP contribution in [0.1, 0.15) is 36.5 Å². The summed E-state index contributed by atoms with van der Waals surface area (Å²) in [7, 11) is 0. The van der Waals surface area contributed by atoms with Crippen molar-refractivity contribution in [1.82, 2.24) is 0 Å². The van der Waals surface area contributed by atoms with Crippen molar-refractivity contribution in [3.05, 3.63) is 23.2 Å². The molecule has 3 atom stereocenters. The van der Waals surface area contributed by atoms with Crippen molar-refractivity contribution in [2.45, 2.75) is 39.3 Å². The highest BCUT2D eigenvalue weighted by Crippen LogP contribution is 2.32. The van der Waals surface area contributed by atoms with E-state index in [0.29, 0.717) is 12.0 Å². The van der Waals surface area contributed by atoms with Gasteiger partial charge in [0.25, 0.3) is 0 Å². The van der Waals surface area contributed by atoms with Crippen molar-refractivity contribution in [2.24, 2.45) is 11.7 Å². The van der Waals surface area contributed by atoms with Gasteiger partial charge in [-0.2, -0.15) is 0 Å². The summed E-state index contributed by atoms with van der Waals surface area (Å²) in [4.78, 5) is 0. The third-order valence-electron chi connectivity index (χ3n) is 3.18. The van der Waals surface area contributed by atoms with Crippen LogP contribution in [0.15, 0.2) is 10.5 Å². The third kappa shape index (κ3) is 2.08. The number of furan rings is 1. The second-order valence-corrected chi connectivity index (χ2v) is 4.53. The van der Waals surface area contributed by atoms with Crippen LogP contribution in [0.3, 0.4) is 0 Å². The molecule has 0 bridgehead atoms. The minimum absolute atomic E-state index is 0.0485. The number of nitrogens with two attached hydrogens (primary N) is 1. The summed E-state index contributed by atoms with van der Waals surface area (Å²) in [6.45, 7) is 6.80. The van der Waals surface area contributed by atoms with Crippen LogP contribution in [-0.2, 0) is 4.74 Å². The average Bonchev–Trinajstić information content (AvgIpc) is 2.71. The first-order valence-electron chi connectivity index (χ1n) is 5.52. The second kappa shape index (κ2) is 3.99. The lowest BCUT2D eigenvalue weighted by Gasteiger charge is -2.16. The SMILES string of the molecule is Cc1cc(C(N)C2COC(C)C2)c(C)o1. The van der Waals surface area contributed by atoms with E-state index in [9.17, 15) is 0 Å². The Morgan fingerprint density at radius 2 is 2.20 bits per heavy atom. The van der Waals surface area contributed by atoms with Crippen LogP contribution < -0.4 is 5.73 Å². The maximum absolute atomic E-state index is 6.24. The third-order valence-corrected chi connectivity index (χ3v) is 3.18. The summed E-state index contributed by atoms with van der Waals surface area (Å²) in [5, 5.41) is 0. The van der Waals surface area contributed by atoms with Crippen LogP contribution in [0, 0.1) is 19.8 Å². The normalized spacial score (nSPS) is 28.3. The van der Waals surface area contributed by atoms with Gasteiger partial charge in [-0.15, -0.1) is 0 Å². The summed E-state index contributed by atoms with van der Waals surface area (Å²) in [6, 6.07) is 2.09. The number of ether oxygens (including phenoxy) is 1. The molecule has 1 aliphatic rings. The number of hydrogen-bond donors (Lipinski definition) is 1. The van der Waals surface area contributed by atoms with Gasteiger partial charge in [0.1, 0.15) is 11.5 Å². The lowest BCUT2D eigenvalue weighted by atomic mass is 9.92. The van der Waals surface area contributed by atoms with Gasteiger partial charge in [-0.25, -0.2) is 0 Å². The average molecular weight is 209 g/mol. The van der Waals surface area contributed by atoms with Gasteiger partial charge in [0.2, 0.25) is 0 Å². The highest BCUT2D eigenvalue weighted by Gasteiger charge is 2.29. The van der Waals surface area contributed by atoms with Crippen molar-refractivity contribution in [3.8, 4) is 0 Å². The predicted molar refractivity (Wildman–Crippen MR) is 58.6 cm³/mol. The molecule has 1 aliphatic heterocycles. The van der Waals surface area contributed by atoms with E-state index in [-0.39, 0.29) is 6.04 Å². The first kappa shape index (κ1) is 10.7. The van der Waals surface area contributed by atoms with Crippen LogP contribution in [-0.4, -0.2) is 12.7 Å². The van der Waals surface area contributed by atoms with E-state index >= 15 is 0 Å². The van der Waals surface area contributed by atoms with E-state index in [2.05, 4.69) is 6.92 Å². The molecule has 0 saturated carbocycles. The fourth-order valence-electron chi connectivity index (χ4n) is 2.34. The molecule has 2 heterocycles. The second-order valence-electron chi connectivity index (χ2n) is 4.53. The fraction of sp³-hybridized carbons (Fsp3) is 0.667. The van der Waals surface area contributed by atoms with Gasteiger partial charge in [0.15, 0.2) is 0 Å². The molecule has 3 nitrogen and oxygen atoms in total. The lowest BCUT2D eigenvalue weighted by Crippen LogP contribution is -2.22. The fourth-order valence-corrected chi connectivity index (χ4v) is 2.34. The molecule has 1 aromatic rings. The highest BCUT2D eigenvalue weighted by molar-refractivity contribution is 5.24. The quantitative estimate of drug-likeness (QED) is 0.813. The Balaban J connectivity index is 2.13. The number of rotatable bonds is 2. The molecular formula is C12H19NO2. The molecular weight excluding hydrogens is 190 g/mol. The van der Waals surface area contributed by atoms with E-state index < -0.39 is 0 Å². The molecule has 84 valence electrons. The minimum Gasteiger partial charge on any atom is -0.466 e. The summed E-state index contributed by atoms with van der Waals surface area (Å²) >= 11 is 0. The summed E-state index contributed by atoms with van der Waals surface area (Å²) in [6.07, 6.45) is 1.39.